The highest BCUT2D eigenvalue weighted by atomic mass is 35.5. The average Bonchev–Trinajstić information content (AvgIpc) is 3.57. The van der Waals surface area contributed by atoms with E-state index in [-0.39, 0.29) is 21.9 Å². The smallest absolute Gasteiger partial charge is 0.210 e. The molecule has 3 aromatic rings. The van der Waals surface area contributed by atoms with Crippen LogP contribution in [0, 0.1) is 5.41 Å². The zero-order chi connectivity index (χ0) is 27.2. The van der Waals surface area contributed by atoms with Crippen molar-refractivity contribution in [3.63, 3.8) is 0 Å². The summed E-state index contributed by atoms with van der Waals surface area (Å²) in [5, 5.41) is 19.0. The van der Waals surface area contributed by atoms with E-state index < -0.39 is 5.83 Å². The highest BCUT2D eigenvalue weighted by Crippen LogP contribution is 2.35. The van der Waals surface area contributed by atoms with Crippen LogP contribution in [-0.2, 0) is 12.5 Å². The van der Waals surface area contributed by atoms with Crippen molar-refractivity contribution in [1.82, 2.24) is 34.5 Å². The SMILES string of the molecule is CN1CC[C@@H](n2nc(Nc3nc4ncc(O/C(C=N)=C5\C=CC(F)=CN5)c(Cl)c4n3C)cc2C(C)(C)C)C1. The highest BCUT2D eigenvalue weighted by molar-refractivity contribution is 6.36. The Labute approximate surface area is 225 Å². The molecule has 1 fully saturated rings. The molecular formula is C26H31ClFN9O. The number of nitrogens with one attached hydrogen (secondary N) is 3. The Morgan fingerprint density at radius 3 is 2.74 bits per heavy atom. The lowest BCUT2D eigenvalue weighted by atomic mass is 9.91. The molecule has 2 aliphatic rings. The topological polar surface area (TPSA) is 109 Å². The van der Waals surface area contributed by atoms with Gasteiger partial charge in [-0.05, 0) is 32.2 Å². The number of imidazole rings is 1. The van der Waals surface area contributed by atoms with Crippen molar-refractivity contribution in [3.05, 3.63) is 58.6 Å². The van der Waals surface area contributed by atoms with Crippen molar-refractivity contribution >= 4 is 40.7 Å². The summed E-state index contributed by atoms with van der Waals surface area (Å²) in [7, 11) is 3.96. The number of likely N-dealkylation sites (N-methyl/N-ethyl adjacent to an activating group) is 1. The van der Waals surface area contributed by atoms with Gasteiger partial charge in [0.15, 0.2) is 23.0 Å². The monoisotopic (exact) mass is 539 g/mol. The van der Waals surface area contributed by atoms with Gasteiger partial charge in [-0.15, -0.1) is 0 Å². The van der Waals surface area contributed by atoms with Gasteiger partial charge in [-0.1, -0.05) is 32.4 Å². The number of aryl methyl sites for hydroxylation is 1. The minimum Gasteiger partial charge on any atom is -0.450 e. The summed E-state index contributed by atoms with van der Waals surface area (Å²) in [5.74, 6) is 1.20. The first kappa shape index (κ1) is 25.9. The summed E-state index contributed by atoms with van der Waals surface area (Å²) in [6, 6.07) is 2.39. The molecule has 3 aromatic heterocycles. The molecule has 3 N–H and O–H groups in total. The third kappa shape index (κ3) is 4.91. The molecule has 2 aliphatic heterocycles. The van der Waals surface area contributed by atoms with Crippen LogP contribution in [0.5, 0.6) is 5.75 Å². The van der Waals surface area contributed by atoms with E-state index in [1.165, 1.54) is 24.5 Å². The minimum atomic E-state index is -0.427. The number of aromatic nitrogens is 5. The predicted octanol–water partition coefficient (Wildman–Crippen LogP) is 4.95. The Kier molecular flexibility index (Phi) is 6.74. The molecule has 1 saturated heterocycles. The van der Waals surface area contributed by atoms with Crippen LogP contribution in [0.25, 0.3) is 11.2 Å². The molecule has 38 heavy (non-hydrogen) atoms. The number of rotatable bonds is 6. The molecular weight excluding hydrogens is 509 g/mol. The molecule has 0 radical (unpaired) electrons. The van der Waals surface area contributed by atoms with Crippen molar-refractivity contribution in [2.24, 2.45) is 7.05 Å². The van der Waals surface area contributed by atoms with E-state index in [4.69, 9.17) is 26.8 Å². The maximum absolute atomic E-state index is 13.3. The van der Waals surface area contributed by atoms with Gasteiger partial charge >= 0.3 is 0 Å². The second kappa shape index (κ2) is 9.88. The van der Waals surface area contributed by atoms with E-state index in [2.05, 4.69) is 64.1 Å². The second-order valence-corrected chi connectivity index (χ2v) is 11.0. The summed E-state index contributed by atoms with van der Waals surface area (Å²) in [6.07, 6.45) is 7.47. The summed E-state index contributed by atoms with van der Waals surface area (Å²) >= 11 is 6.73. The van der Waals surface area contributed by atoms with E-state index in [1.807, 2.05) is 7.05 Å². The number of allylic oxidation sites excluding steroid dienone is 4. The molecule has 1 atom stereocenters. The summed E-state index contributed by atoms with van der Waals surface area (Å²) in [5.41, 5.74) is 2.49. The Morgan fingerprint density at radius 1 is 1.32 bits per heavy atom. The molecule has 10 nitrogen and oxygen atoms in total. The number of anilines is 2. The zero-order valence-corrected chi connectivity index (χ0v) is 22.8. The molecule has 0 spiro atoms. The molecule has 5 heterocycles. The molecule has 0 amide bonds. The fourth-order valence-corrected chi connectivity index (χ4v) is 4.95. The molecule has 12 heteroatoms. The van der Waals surface area contributed by atoms with E-state index in [0.29, 0.717) is 34.7 Å². The average molecular weight is 540 g/mol. The predicted molar refractivity (Wildman–Crippen MR) is 147 cm³/mol. The Hall–Kier alpha value is -3.70. The number of nitrogens with zero attached hydrogens (tertiary/aromatic N) is 6. The Balaban J connectivity index is 1.46. The van der Waals surface area contributed by atoms with Crippen LogP contribution in [0.15, 0.2) is 47.9 Å². The van der Waals surface area contributed by atoms with Gasteiger partial charge in [0.1, 0.15) is 16.4 Å². The minimum absolute atomic E-state index is 0.0808. The maximum Gasteiger partial charge on any atom is 0.210 e. The van der Waals surface area contributed by atoms with Gasteiger partial charge in [0, 0.05) is 37.0 Å². The van der Waals surface area contributed by atoms with Crippen molar-refractivity contribution < 1.29 is 9.13 Å². The van der Waals surface area contributed by atoms with E-state index in [1.54, 1.807) is 4.57 Å². The summed E-state index contributed by atoms with van der Waals surface area (Å²) < 4.78 is 23.1. The van der Waals surface area contributed by atoms with Crippen LogP contribution in [0.3, 0.4) is 0 Å². The van der Waals surface area contributed by atoms with Crippen LogP contribution in [0.2, 0.25) is 5.02 Å². The lowest BCUT2D eigenvalue weighted by Crippen LogP contribution is -2.24. The quantitative estimate of drug-likeness (QED) is 0.300. The van der Waals surface area contributed by atoms with Gasteiger partial charge in [-0.3, -0.25) is 4.68 Å². The number of hydrogen-bond acceptors (Lipinski definition) is 8. The number of fused-ring (bicyclic) bond motifs is 1. The molecule has 0 aromatic carbocycles. The highest BCUT2D eigenvalue weighted by Gasteiger charge is 2.29. The standard InChI is InChI=1S/C26H31ClFN9O/c1-26(2,3)20-10-21(34-37(20)16-8-9-35(4)14-16)32-25-33-24-23(36(25)5)22(27)19(13-31-24)38-18(11-29)17-7-6-15(28)12-30-17/h6-7,10-13,16,29-30H,8-9,14H2,1-5H3,(H,31,32,33,34)/b18-17+,29-11?/t16-/m1/s1. The van der Waals surface area contributed by atoms with Crippen LogP contribution in [0.4, 0.5) is 16.2 Å². The molecule has 0 saturated carbocycles. The fraction of sp³-hybridized carbons (Fsp3) is 0.385. The fourth-order valence-electron chi connectivity index (χ4n) is 4.66. The van der Waals surface area contributed by atoms with Crippen LogP contribution in [0.1, 0.15) is 38.9 Å². The van der Waals surface area contributed by atoms with E-state index >= 15 is 0 Å². The maximum atomic E-state index is 13.3. The van der Waals surface area contributed by atoms with Gasteiger partial charge in [0.05, 0.1) is 24.2 Å². The zero-order valence-electron chi connectivity index (χ0n) is 22.0. The van der Waals surface area contributed by atoms with Gasteiger partial charge in [0.2, 0.25) is 5.95 Å². The van der Waals surface area contributed by atoms with E-state index in [0.717, 1.165) is 31.4 Å². The van der Waals surface area contributed by atoms with E-state index in [9.17, 15) is 4.39 Å². The number of likely N-dealkylation sites (tertiary alicyclic amines) is 1. The summed E-state index contributed by atoms with van der Waals surface area (Å²) in [4.78, 5) is 11.4. The van der Waals surface area contributed by atoms with Gasteiger partial charge < -0.3 is 30.2 Å². The van der Waals surface area contributed by atoms with Crippen molar-refractivity contribution in [3.8, 4) is 5.75 Å². The second-order valence-electron chi connectivity index (χ2n) is 10.6. The third-order valence-corrected chi connectivity index (χ3v) is 7.02. The van der Waals surface area contributed by atoms with Crippen molar-refractivity contribution in [2.45, 2.75) is 38.6 Å². The van der Waals surface area contributed by atoms with Crippen molar-refractivity contribution in [1.29, 1.82) is 5.41 Å². The third-order valence-electron chi connectivity index (χ3n) is 6.65. The number of pyridine rings is 1. The summed E-state index contributed by atoms with van der Waals surface area (Å²) in [6.45, 7) is 8.57. The lowest BCUT2D eigenvalue weighted by molar-refractivity contribution is 0.366. The van der Waals surface area contributed by atoms with Crippen LogP contribution < -0.4 is 15.4 Å². The largest absolute Gasteiger partial charge is 0.450 e. The first-order valence-corrected chi connectivity index (χ1v) is 12.7. The van der Waals surface area contributed by atoms with Gasteiger partial charge in [0.25, 0.3) is 0 Å². The Bertz CT molecular complexity index is 1490. The van der Waals surface area contributed by atoms with Gasteiger partial charge in [-0.25, -0.2) is 9.37 Å². The number of dihydropyridines is 1. The van der Waals surface area contributed by atoms with Gasteiger partial charge in [-0.2, -0.15) is 10.1 Å². The first-order chi connectivity index (χ1) is 18.0. The van der Waals surface area contributed by atoms with Crippen LogP contribution >= 0.6 is 11.6 Å². The molecule has 5 rings (SSSR count). The Morgan fingerprint density at radius 2 is 2.11 bits per heavy atom. The lowest BCUT2D eigenvalue weighted by Gasteiger charge is -2.23. The van der Waals surface area contributed by atoms with Crippen molar-refractivity contribution in [2.75, 3.05) is 25.5 Å². The molecule has 0 aliphatic carbocycles. The molecule has 0 bridgehead atoms. The molecule has 0 unspecified atom stereocenters. The van der Waals surface area contributed by atoms with Crippen LogP contribution in [-0.4, -0.2) is 55.6 Å². The normalized spacial score (nSPS) is 19.4. The number of hydrogen-bond donors (Lipinski definition) is 3. The molecule has 200 valence electrons. The number of ether oxygens (including phenoxy) is 1. The first-order valence-electron chi connectivity index (χ1n) is 12.3. The number of halogens is 2.